The van der Waals surface area contributed by atoms with Crippen molar-refractivity contribution in [2.45, 2.75) is 11.3 Å². The first-order valence-corrected chi connectivity index (χ1v) is 9.76. The van der Waals surface area contributed by atoms with E-state index in [1.54, 1.807) is 0 Å². The van der Waals surface area contributed by atoms with Gasteiger partial charge in [0.2, 0.25) is 11.8 Å². The van der Waals surface area contributed by atoms with Gasteiger partial charge in [-0.25, -0.2) is 0 Å². The van der Waals surface area contributed by atoms with E-state index in [0.29, 0.717) is 0 Å². The highest BCUT2D eigenvalue weighted by atomic mass is 32.2. The molecular weight excluding hydrogens is 378 g/mol. The van der Waals surface area contributed by atoms with Gasteiger partial charge in [0, 0.05) is 5.75 Å². The smallest absolute Gasteiger partial charge is 0.322 e. The first-order chi connectivity index (χ1) is 13.5. The molecule has 0 saturated carbocycles. The van der Waals surface area contributed by atoms with Crippen LogP contribution in [0.1, 0.15) is 16.4 Å². The number of carboxylic acids is 1. The number of carboxylic acid groups (broad SMARTS) is 1. The molecule has 0 bridgehead atoms. The van der Waals surface area contributed by atoms with E-state index < -0.39 is 30.4 Å². The maximum atomic E-state index is 12.3. The fourth-order valence-corrected chi connectivity index (χ4v) is 3.87. The Hall–Kier alpha value is -2.84. The van der Waals surface area contributed by atoms with Crippen LogP contribution in [0.3, 0.4) is 0 Å². The number of carbonyl (C=O) groups is 3. The van der Waals surface area contributed by atoms with Crippen molar-refractivity contribution in [3.63, 3.8) is 0 Å². The summed E-state index contributed by atoms with van der Waals surface area (Å²) in [6.07, 6.45) is 0. The summed E-state index contributed by atoms with van der Waals surface area (Å²) in [5.41, 5.74) is 7.46. The number of nitrogens with one attached hydrogen (secondary N) is 2. The first-order valence-electron chi connectivity index (χ1n) is 8.71. The van der Waals surface area contributed by atoms with E-state index in [1.165, 1.54) is 11.8 Å². The van der Waals surface area contributed by atoms with Crippen LogP contribution in [0.2, 0.25) is 0 Å². The third-order valence-electron chi connectivity index (χ3n) is 3.89. The molecule has 0 saturated heterocycles. The molecule has 0 spiro atoms. The van der Waals surface area contributed by atoms with E-state index in [9.17, 15) is 14.4 Å². The van der Waals surface area contributed by atoms with Gasteiger partial charge in [0.25, 0.3) is 0 Å². The minimum atomic E-state index is -1.16. The van der Waals surface area contributed by atoms with E-state index in [4.69, 9.17) is 10.8 Å². The zero-order valence-electron chi connectivity index (χ0n) is 15.2. The largest absolute Gasteiger partial charge is 0.480 e. The van der Waals surface area contributed by atoms with E-state index in [1.807, 2.05) is 60.7 Å². The monoisotopic (exact) mass is 401 g/mol. The van der Waals surface area contributed by atoms with Gasteiger partial charge in [-0.2, -0.15) is 0 Å². The van der Waals surface area contributed by atoms with Gasteiger partial charge in [-0.05, 0) is 11.1 Å². The maximum Gasteiger partial charge on any atom is 0.322 e. The Balaban J connectivity index is 2.16. The van der Waals surface area contributed by atoms with Crippen LogP contribution in [0, 0.1) is 0 Å². The molecule has 0 fully saturated rings. The molecule has 5 N–H and O–H groups in total. The summed E-state index contributed by atoms with van der Waals surface area (Å²) >= 11 is 1.49. The molecule has 1 unspecified atom stereocenters. The summed E-state index contributed by atoms with van der Waals surface area (Å²) < 4.78 is 0. The number of aliphatic carboxylic acids is 1. The van der Waals surface area contributed by atoms with E-state index in [-0.39, 0.29) is 17.5 Å². The third kappa shape index (κ3) is 6.71. The minimum Gasteiger partial charge on any atom is -0.480 e. The highest BCUT2D eigenvalue weighted by molar-refractivity contribution is 7.99. The fraction of sp³-hybridized carbons (Fsp3) is 0.250. The standard InChI is InChI=1S/C20H23N3O4S/c21-11-17(24)23-16(20(27)22-12-18(25)26)13-28-19(14-7-3-1-4-8-14)15-9-5-2-6-10-15/h1-10,16,19H,11-13,21H2,(H,22,27)(H,23,24)(H,25,26). The Kier molecular flexibility index (Phi) is 8.51. The van der Waals surface area contributed by atoms with E-state index in [0.717, 1.165) is 11.1 Å². The molecule has 2 aromatic rings. The number of rotatable bonds is 10. The molecule has 0 aliphatic heterocycles. The molecule has 0 aliphatic carbocycles. The number of thioether (sulfide) groups is 1. The highest BCUT2D eigenvalue weighted by Gasteiger charge is 2.24. The van der Waals surface area contributed by atoms with E-state index in [2.05, 4.69) is 10.6 Å². The quantitative estimate of drug-likeness (QED) is 0.474. The van der Waals surface area contributed by atoms with Crippen LogP contribution in [-0.4, -0.2) is 47.8 Å². The summed E-state index contributed by atoms with van der Waals surface area (Å²) in [5, 5.41) is 13.6. The van der Waals surface area contributed by atoms with Crippen LogP contribution < -0.4 is 16.4 Å². The lowest BCUT2D eigenvalue weighted by molar-refractivity contribution is -0.138. The lowest BCUT2D eigenvalue weighted by atomic mass is 10.0. The predicted molar refractivity (Wildman–Crippen MR) is 109 cm³/mol. The maximum absolute atomic E-state index is 12.3. The Morgan fingerprint density at radius 3 is 1.96 bits per heavy atom. The molecule has 7 nitrogen and oxygen atoms in total. The zero-order chi connectivity index (χ0) is 20.4. The predicted octanol–water partition coefficient (Wildman–Crippen LogP) is 1.15. The van der Waals surface area contributed by atoms with Crippen molar-refractivity contribution < 1.29 is 19.5 Å². The van der Waals surface area contributed by atoms with Gasteiger partial charge in [0.1, 0.15) is 12.6 Å². The van der Waals surface area contributed by atoms with Gasteiger partial charge >= 0.3 is 5.97 Å². The molecule has 8 heteroatoms. The lowest BCUT2D eigenvalue weighted by Gasteiger charge is -2.22. The molecule has 2 rings (SSSR count). The highest BCUT2D eigenvalue weighted by Crippen LogP contribution is 2.35. The fourth-order valence-electron chi connectivity index (χ4n) is 2.56. The molecule has 0 heterocycles. The third-order valence-corrected chi connectivity index (χ3v) is 5.29. The van der Waals surface area contributed by atoms with Crippen molar-refractivity contribution in [1.82, 2.24) is 10.6 Å². The number of nitrogens with two attached hydrogens (primary N) is 1. The SMILES string of the molecule is NCC(=O)NC(CSC(c1ccccc1)c1ccccc1)C(=O)NCC(=O)O. The average molecular weight is 401 g/mol. The number of hydrogen-bond acceptors (Lipinski definition) is 5. The normalized spacial score (nSPS) is 11.6. The van der Waals surface area contributed by atoms with E-state index >= 15 is 0 Å². The topological polar surface area (TPSA) is 122 Å². The van der Waals surface area contributed by atoms with Gasteiger partial charge in [-0.1, -0.05) is 60.7 Å². The lowest BCUT2D eigenvalue weighted by Crippen LogP contribution is -2.50. The molecule has 0 aliphatic rings. The summed E-state index contributed by atoms with van der Waals surface area (Å²) in [6.45, 7) is -0.770. The van der Waals surface area contributed by atoms with Crippen molar-refractivity contribution in [1.29, 1.82) is 0 Å². The summed E-state index contributed by atoms with van der Waals surface area (Å²) in [5.74, 6) is -1.94. The van der Waals surface area contributed by atoms with Crippen molar-refractivity contribution >= 4 is 29.5 Å². The van der Waals surface area contributed by atoms with Crippen molar-refractivity contribution in [3.05, 3.63) is 71.8 Å². The first kappa shape index (κ1) is 21.5. The summed E-state index contributed by atoms with van der Waals surface area (Å²) in [6, 6.07) is 18.8. The number of carbonyl (C=O) groups excluding carboxylic acids is 2. The van der Waals surface area contributed by atoms with Crippen LogP contribution >= 0.6 is 11.8 Å². The molecule has 2 amide bonds. The Morgan fingerprint density at radius 2 is 1.50 bits per heavy atom. The summed E-state index contributed by atoms with van der Waals surface area (Å²) in [4.78, 5) is 34.8. The molecular formula is C20H23N3O4S. The summed E-state index contributed by atoms with van der Waals surface area (Å²) in [7, 11) is 0. The molecule has 0 aromatic heterocycles. The second kappa shape index (κ2) is 11.1. The Bertz CT molecular complexity index is 747. The van der Waals surface area contributed by atoms with Gasteiger partial charge in [0.05, 0.1) is 11.8 Å². The number of benzene rings is 2. The van der Waals surface area contributed by atoms with Crippen LogP contribution in [0.15, 0.2) is 60.7 Å². The Morgan fingerprint density at radius 1 is 0.964 bits per heavy atom. The van der Waals surface area contributed by atoms with Gasteiger partial charge in [0.15, 0.2) is 0 Å². The van der Waals surface area contributed by atoms with Crippen molar-refractivity contribution in [3.8, 4) is 0 Å². The Labute approximate surface area is 167 Å². The second-order valence-electron chi connectivity index (χ2n) is 5.97. The second-order valence-corrected chi connectivity index (χ2v) is 7.11. The molecule has 1 atom stereocenters. The number of amides is 2. The van der Waals surface area contributed by atoms with Crippen LogP contribution in [-0.2, 0) is 14.4 Å². The molecule has 148 valence electrons. The van der Waals surface area contributed by atoms with Gasteiger partial charge < -0.3 is 21.5 Å². The van der Waals surface area contributed by atoms with Crippen molar-refractivity contribution in [2.24, 2.45) is 5.73 Å². The molecule has 0 radical (unpaired) electrons. The molecule has 2 aromatic carbocycles. The minimum absolute atomic E-state index is 0.0491. The van der Waals surface area contributed by atoms with Crippen LogP contribution in [0.5, 0.6) is 0 Å². The average Bonchev–Trinajstić information content (AvgIpc) is 2.72. The van der Waals surface area contributed by atoms with Gasteiger partial charge in [-0.15, -0.1) is 11.8 Å². The zero-order valence-corrected chi connectivity index (χ0v) is 16.0. The van der Waals surface area contributed by atoms with Gasteiger partial charge in [-0.3, -0.25) is 14.4 Å². The molecule has 28 heavy (non-hydrogen) atoms. The van der Waals surface area contributed by atoms with Crippen LogP contribution in [0.4, 0.5) is 0 Å². The number of hydrogen-bond donors (Lipinski definition) is 4. The van der Waals surface area contributed by atoms with Crippen molar-refractivity contribution in [2.75, 3.05) is 18.8 Å². The van der Waals surface area contributed by atoms with Crippen LogP contribution in [0.25, 0.3) is 0 Å².